The highest BCUT2D eigenvalue weighted by Crippen LogP contribution is 2.13. The summed E-state index contributed by atoms with van der Waals surface area (Å²) in [5.41, 5.74) is 1.53. The van der Waals surface area contributed by atoms with Gasteiger partial charge in [-0.3, -0.25) is 4.79 Å². The zero-order valence-electron chi connectivity index (χ0n) is 11.8. The second-order valence-electron chi connectivity index (χ2n) is 4.59. The first-order valence-corrected chi connectivity index (χ1v) is 6.72. The molecule has 7 nitrogen and oxygen atoms in total. The number of pyridine rings is 1. The van der Waals surface area contributed by atoms with E-state index in [1.54, 1.807) is 12.1 Å². The van der Waals surface area contributed by atoms with Crippen molar-refractivity contribution in [1.29, 1.82) is 0 Å². The number of rotatable bonds is 4. The molecular formula is C15H11FN6O. The number of benzene rings is 1. The van der Waals surface area contributed by atoms with Gasteiger partial charge in [0.05, 0.1) is 5.56 Å². The van der Waals surface area contributed by atoms with Crippen molar-refractivity contribution in [3.05, 3.63) is 66.0 Å². The van der Waals surface area contributed by atoms with Gasteiger partial charge in [-0.05, 0) is 17.7 Å². The highest BCUT2D eigenvalue weighted by Gasteiger charge is 2.11. The SMILES string of the molecule is O=C(NCc1ccc(-c2nncnn2)cc1)c1cccnc1[18F]. The molecule has 2 heterocycles. The molecule has 1 N–H and O–H groups in total. The number of halogens is 1. The average Bonchev–Trinajstić information content (AvgIpc) is 2.61. The number of nitrogens with zero attached hydrogens (tertiary/aromatic N) is 5. The summed E-state index contributed by atoms with van der Waals surface area (Å²) in [6.07, 6.45) is 2.55. The Bertz CT molecular complexity index is 810. The van der Waals surface area contributed by atoms with Crippen LogP contribution >= 0.6 is 0 Å². The van der Waals surface area contributed by atoms with E-state index in [0.29, 0.717) is 5.82 Å². The second kappa shape index (κ2) is 6.65. The molecule has 0 aliphatic rings. The minimum atomic E-state index is -0.790. The highest BCUT2D eigenvalue weighted by atomic mass is 18.2. The third kappa shape index (κ3) is 3.49. The molecule has 0 atom stereocenters. The molecule has 3 aromatic rings. The molecule has 2 aromatic heterocycles. The molecule has 23 heavy (non-hydrogen) atoms. The lowest BCUT2D eigenvalue weighted by Crippen LogP contribution is -2.24. The molecular weight excluding hydrogens is 298 g/mol. The lowest BCUT2D eigenvalue weighted by molar-refractivity contribution is 0.0946. The van der Waals surface area contributed by atoms with E-state index in [0.717, 1.165) is 11.1 Å². The largest absolute Gasteiger partial charge is 0.348 e. The molecule has 0 aliphatic carbocycles. The van der Waals surface area contributed by atoms with Gasteiger partial charge in [0.25, 0.3) is 5.91 Å². The minimum absolute atomic E-state index is 0.0843. The Hall–Kier alpha value is -3.29. The number of amides is 1. The van der Waals surface area contributed by atoms with E-state index < -0.39 is 11.9 Å². The molecule has 0 saturated carbocycles. The monoisotopic (exact) mass is 309 g/mol. The first kappa shape index (κ1) is 14.6. The number of hydrogen-bond donors (Lipinski definition) is 1. The number of carbonyl (C=O) groups is 1. The molecule has 1 aromatic carbocycles. The molecule has 0 radical (unpaired) electrons. The van der Waals surface area contributed by atoms with Crippen LogP contribution in [-0.4, -0.2) is 31.3 Å². The lowest BCUT2D eigenvalue weighted by atomic mass is 10.1. The topological polar surface area (TPSA) is 93.6 Å². The Kier molecular flexibility index (Phi) is 4.23. The number of hydrogen-bond acceptors (Lipinski definition) is 6. The molecule has 0 saturated heterocycles. The van der Waals surface area contributed by atoms with Gasteiger partial charge in [-0.25, -0.2) is 4.98 Å². The molecule has 114 valence electrons. The summed E-state index contributed by atoms with van der Waals surface area (Å²) in [4.78, 5) is 15.3. The van der Waals surface area contributed by atoms with Crippen LogP contribution in [0.1, 0.15) is 15.9 Å². The van der Waals surface area contributed by atoms with E-state index in [-0.39, 0.29) is 12.1 Å². The van der Waals surface area contributed by atoms with Crippen molar-refractivity contribution in [1.82, 2.24) is 30.7 Å². The number of carbonyl (C=O) groups excluding carboxylic acids is 1. The van der Waals surface area contributed by atoms with E-state index in [1.165, 1.54) is 24.7 Å². The molecule has 0 bridgehead atoms. The van der Waals surface area contributed by atoms with Crippen molar-refractivity contribution in [3.63, 3.8) is 0 Å². The Morgan fingerprint density at radius 2 is 1.83 bits per heavy atom. The normalized spacial score (nSPS) is 10.3. The summed E-state index contributed by atoms with van der Waals surface area (Å²) in [6.45, 7) is 0.263. The Balaban J connectivity index is 1.65. The van der Waals surface area contributed by atoms with E-state index in [1.807, 2.05) is 12.1 Å². The van der Waals surface area contributed by atoms with Crippen LogP contribution in [0.3, 0.4) is 0 Å². The molecule has 3 rings (SSSR count). The summed E-state index contributed by atoms with van der Waals surface area (Å²) in [6, 6.07) is 10.1. The summed E-state index contributed by atoms with van der Waals surface area (Å²) in [5, 5.41) is 17.7. The summed E-state index contributed by atoms with van der Waals surface area (Å²) in [5.74, 6) is -0.887. The predicted octanol–water partition coefficient (Wildman–Crippen LogP) is 1.40. The Morgan fingerprint density at radius 1 is 1.09 bits per heavy atom. The van der Waals surface area contributed by atoms with Gasteiger partial charge < -0.3 is 5.32 Å². The summed E-state index contributed by atoms with van der Waals surface area (Å²) in [7, 11) is 0. The van der Waals surface area contributed by atoms with Crippen molar-refractivity contribution < 1.29 is 9.18 Å². The Morgan fingerprint density at radius 3 is 2.52 bits per heavy atom. The fraction of sp³-hybridized carbons (Fsp3) is 0.0667. The lowest BCUT2D eigenvalue weighted by Gasteiger charge is -2.06. The van der Waals surface area contributed by atoms with Crippen LogP contribution in [0.4, 0.5) is 4.39 Å². The van der Waals surface area contributed by atoms with Crippen molar-refractivity contribution >= 4 is 5.91 Å². The first-order chi connectivity index (χ1) is 11.2. The zero-order valence-corrected chi connectivity index (χ0v) is 11.8. The van der Waals surface area contributed by atoms with E-state index in [9.17, 15) is 9.18 Å². The van der Waals surface area contributed by atoms with Gasteiger partial charge in [-0.2, -0.15) is 4.39 Å². The third-order valence-corrected chi connectivity index (χ3v) is 3.08. The maximum atomic E-state index is 13.4. The molecule has 0 spiro atoms. The second-order valence-corrected chi connectivity index (χ2v) is 4.59. The molecule has 0 aliphatic heterocycles. The molecule has 0 fully saturated rings. The van der Waals surface area contributed by atoms with Crippen molar-refractivity contribution in [2.45, 2.75) is 6.54 Å². The maximum absolute atomic E-state index is 13.4. The van der Waals surface area contributed by atoms with E-state index in [2.05, 4.69) is 30.7 Å². The standard InChI is InChI=1S/C15H11FN6O/c16-13-12(2-1-7-17-13)15(23)18-8-10-3-5-11(6-4-10)14-21-19-9-20-22-14/h1-7,9H,8H2,(H,18,23)/i16-1. The third-order valence-electron chi connectivity index (χ3n) is 3.08. The van der Waals surface area contributed by atoms with Gasteiger partial charge in [-0.15, -0.1) is 20.4 Å². The average molecular weight is 309 g/mol. The van der Waals surface area contributed by atoms with Gasteiger partial charge in [0.1, 0.15) is 0 Å². The number of nitrogens with one attached hydrogen (secondary N) is 1. The van der Waals surface area contributed by atoms with E-state index in [4.69, 9.17) is 0 Å². The van der Waals surface area contributed by atoms with Gasteiger partial charge >= 0.3 is 0 Å². The van der Waals surface area contributed by atoms with Crippen LogP contribution in [0.2, 0.25) is 0 Å². The quantitative estimate of drug-likeness (QED) is 0.732. The van der Waals surface area contributed by atoms with Crippen LogP contribution in [0.15, 0.2) is 48.9 Å². The van der Waals surface area contributed by atoms with Crippen molar-refractivity contribution in [2.75, 3.05) is 0 Å². The van der Waals surface area contributed by atoms with Crippen LogP contribution in [-0.2, 0) is 6.54 Å². The fourth-order valence-corrected chi connectivity index (χ4v) is 1.92. The fourth-order valence-electron chi connectivity index (χ4n) is 1.92. The van der Waals surface area contributed by atoms with Gasteiger partial charge in [0.2, 0.25) is 11.8 Å². The van der Waals surface area contributed by atoms with Crippen LogP contribution in [0.25, 0.3) is 11.4 Å². The van der Waals surface area contributed by atoms with Crippen LogP contribution in [0.5, 0.6) is 0 Å². The van der Waals surface area contributed by atoms with Gasteiger partial charge in [0.15, 0.2) is 6.33 Å². The Labute approximate surface area is 130 Å². The maximum Gasteiger partial charge on any atom is 0.256 e. The number of aromatic nitrogens is 5. The van der Waals surface area contributed by atoms with Crippen LogP contribution in [0, 0.1) is 5.95 Å². The van der Waals surface area contributed by atoms with Gasteiger partial charge in [0, 0.05) is 18.3 Å². The zero-order chi connectivity index (χ0) is 16.1. The molecule has 0 unspecified atom stereocenters. The molecule has 8 heteroatoms. The smallest absolute Gasteiger partial charge is 0.256 e. The highest BCUT2D eigenvalue weighted by molar-refractivity contribution is 5.94. The summed E-state index contributed by atoms with van der Waals surface area (Å²) < 4.78 is 13.4. The van der Waals surface area contributed by atoms with Gasteiger partial charge in [-0.1, -0.05) is 24.3 Å². The first-order valence-electron chi connectivity index (χ1n) is 6.72. The predicted molar refractivity (Wildman–Crippen MR) is 78.4 cm³/mol. The van der Waals surface area contributed by atoms with Crippen LogP contribution < -0.4 is 5.32 Å². The minimum Gasteiger partial charge on any atom is -0.348 e. The van der Waals surface area contributed by atoms with Crippen molar-refractivity contribution in [2.24, 2.45) is 0 Å². The van der Waals surface area contributed by atoms with Crippen molar-refractivity contribution in [3.8, 4) is 11.4 Å². The van der Waals surface area contributed by atoms with E-state index >= 15 is 0 Å². The molecule has 1 amide bonds. The summed E-state index contributed by atoms with van der Waals surface area (Å²) >= 11 is 0.